The number of hydrogen-bond acceptors (Lipinski definition) is 7. The Morgan fingerprint density at radius 3 is 2.67 bits per heavy atom. The highest BCUT2D eigenvalue weighted by molar-refractivity contribution is 8.02. The summed E-state index contributed by atoms with van der Waals surface area (Å²) < 4.78 is 6.87. The first-order chi connectivity index (χ1) is 17.5. The normalized spacial score (nSPS) is 14.7. The van der Waals surface area contributed by atoms with Crippen LogP contribution in [-0.2, 0) is 6.54 Å². The highest BCUT2D eigenvalue weighted by atomic mass is 32.2. The zero-order valence-corrected chi connectivity index (χ0v) is 20.8. The molecule has 0 bridgehead atoms. The zero-order chi connectivity index (χ0) is 25.1. The highest BCUT2D eigenvalue weighted by Gasteiger charge is 2.24. The van der Waals surface area contributed by atoms with Gasteiger partial charge in [-0.1, -0.05) is 18.2 Å². The average Bonchev–Trinajstić information content (AvgIpc) is 3.53. The molecular weight excluding hydrogens is 472 g/mol. The van der Waals surface area contributed by atoms with Crippen LogP contribution in [0.3, 0.4) is 0 Å². The summed E-state index contributed by atoms with van der Waals surface area (Å²) in [5, 5.41) is 9.44. The van der Waals surface area contributed by atoms with Gasteiger partial charge < -0.3 is 20.7 Å². The molecule has 1 amide bonds. The molecule has 3 heterocycles. The number of nitrogen functional groups attached to an aromatic ring is 1. The van der Waals surface area contributed by atoms with E-state index >= 15 is 0 Å². The van der Waals surface area contributed by atoms with Crippen molar-refractivity contribution in [1.29, 1.82) is 0 Å². The second-order valence-corrected chi connectivity index (χ2v) is 9.35. The number of rotatable bonds is 7. The molecule has 4 aromatic rings. The number of aromatic nitrogens is 3. The van der Waals surface area contributed by atoms with Crippen molar-refractivity contribution in [2.45, 2.75) is 18.8 Å². The summed E-state index contributed by atoms with van der Waals surface area (Å²) in [5.74, 6) is 0.943. The number of aryl methyl sites for hydroxylation is 1. The van der Waals surface area contributed by atoms with Gasteiger partial charge in [-0.05, 0) is 65.4 Å². The summed E-state index contributed by atoms with van der Waals surface area (Å²) >= 11 is 1.71. The van der Waals surface area contributed by atoms with E-state index < -0.39 is 0 Å². The topological polar surface area (TPSA) is 98.3 Å². The molecule has 1 aliphatic heterocycles. The molecule has 2 aromatic heterocycles. The quantitative estimate of drug-likeness (QED) is 0.361. The maximum Gasteiger partial charge on any atom is 0.256 e. The van der Waals surface area contributed by atoms with Gasteiger partial charge in [0.05, 0.1) is 19.9 Å². The molecule has 0 spiro atoms. The molecule has 36 heavy (non-hydrogen) atoms. The number of carbonyl (C=O) groups is 1. The van der Waals surface area contributed by atoms with Gasteiger partial charge in [-0.2, -0.15) is 5.10 Å². The molecule has 9 heteroatoms. The Kier molecular flexibility index (Phi) is 6.64. The standard InChI is InChI=1S/C27H26N6O2S/c1-18-3-6-21(32-13-14-36-27(32)20-9-11-29-12-10-20)15-23(18)26(34)31-24-16-30-33(25(24)28)17-19-4-7-22(35-2)8-5-19/h3-16,27H,17,28H2,1-2H3,(H,31,34). The van der Waals surface area contributed by atoms with E-state index in [0.717, 1.165) is 28.1 Å². The summed E-state index contributed by atoms with van der Waals surface area (Å²) in [4.78, 5) is 19.5. The fraction of sp³-hybridized carbons (Fsp3) is 0.148. The molecule has 0 aliphatic carbocycles. The van der Waals surface area contributed by atoms with E-state index in [9.17, 15) is 4.79 Å². The van der Waals surface area contributed by atoms with Crippen molar-refractivity contribution in [3.63, 3.8) is 0 Å². The van der Waals surface area contributed by atoms with Gasteiger partial charge in [0.1, 0.15) is 22.6 Å². The fourth-order valence-corrected chi connectivity index (χ4v) is 5.02. The largest absolute Gasteiger partial charge is 0.497 e. The Hall–Kier alpha value is -4.24. The van der Waals surface area contributed by atoms with Gasteiger partial charge in [0, 0.05) is 29.8 Å². The molecule has 1 unspecified atom stereocenters. The summed E-state index contributed by atoms with van der Waals surface area (Å²) in [7, 11) is 1.63. The van der Waals surface area contributed by atoms with Crippen molar-refractivity contribution >= 4 is 34.9 Å². The minimum absolute atomic E-state index is 0.0819. The Bertz CT molecular complexity index is 1400. The lowest BCUT2D eigenvalue weighted by Gasteiger charge is -2.26. The van der Waals surface area contributed by atoms with Crippen molar-refractivity contribution < 1.29 is 9.53 Å². The summed E-state index contributed by atoms with van der Waals surface area (Å²) in [6.45, 7) is 2.40. The van der Waals surface area contributed by atoms with Crippen LogP contribution in [0.25, 0.3) is 0 Å². The number of pyridine rings is 1. The molecule has 2 aromatic carbocycles. The first kappa shape index (κ1) is 23.5. The van der Waals surface area contributed by atoms with Gasteiger partial charge in [-0.15, -0.1) is 11.8 Å². The Morgan fingerprint density at radius 1 is 1.14 bits per heavy atom. The number of amides is 1. The molecular formula is C27H26N6O2S. The zero-order valence-electron chi connectivity index (χ0n) is 20.0. The van der Waals surface area contributed by atoms with Gasteiger partial charge in [0.15, 0.2) is 0 Å². The number of thioether (sulfide) groups is 1. The van der Waals surface area contributed by atoms with Crippen LogP contribution in [0, 0.1) is 6.92 Å². The number of anilines is 3. The maximum absolute atomic E-state index is 13.3. The predicted molar refractivity (Wildman–Crippen MR) is 144 cm³/mol. The van der Waals surface area contributed by atoms with Gasteiger partial charge in [-0.25, -0.2) is 4.68 Å². The molecule has 1 aliphatic rings. The van der Waals surface area contributed by atoms with E-state index in [1.54, 1.807) is 42.1 Å². The van der Waals surface area contributed by atoms with Crippen LogP contribution >= 0.6 is 11.8 Å². The van der Waals surface area contributed by atoms with Crippen LogP contribution in [-0.4, -0.2) is 27.8 Å². The van der Waals surface area contributed by atoms with E-state index in [1.165, 1.54) is 0 Å². The fourth-order valence-electron chi connectivity index (χ4n) is 4.03. The predicted octanol–water partition coefficient (Wildman–Crippen LogP) is 5.20. The number of methoxy groups -OCH3 is 1. The van der Waals surface area contributed by atoms with Gasteiger partial charge in [-0.3, -0.25) is 9.78 Å². The second-order valence-electron chi connectivity index (χ2n) is 8.36. The van der Waals surface area contributed by atoms with Gasteiger partial charge in [0.2, 0.25) is 0 Å². The number of nitrogens with one attached hydrogen (secondary N) is 1. The van der Waals surface area contributed by atoms with Crippen molar-refractivity contribution in [2.75, 3.05) is 23.1 Å². The smallest absolute Gasteiger partial charge is 0.256 e. The van der Waals surface area contributed by atoms with Crippen LogP contribution < -0.4 is 20.7 Å². The first-order valence-corrected chi connectivity index (χ1v) is 12.3. The third-order valence-corrected chi connectivity index (χ3v) is 7.09. The molecule has 0 saturated carbocycles. The average molecular weight is 499 g/mol. The van der Waals surface area contributed by atoms with E-state index in [1.807, 2.05) is 67.7 Å². The SMILES string of the molecule is COc1ccc(Cn2ncc(NC(=O)c3cc(N4C=CSC4c4ccncc4)ccc3C)c2N)cc1. The van der Waals surface area contributed by atoms with Crippen LogP contribution in [0.2, 0.25) is 0 Å². The minimum atomic E-state index is -0.235. The Balaban J connectivity index is 1.33. The molecule has 5 rings (SSSR count). The number of benzene rings is 2. The lowest BCUT2D eigenvalue weighted by Crippen LogP contribution is -2.19. The molecule has 1 atom stereocenters. The van der Waals surface area contributed by atoms with Crippen molar-refractivity contribution in [2.24, 2.45) is 0 Å². The number of nitrogens with two attached hydrogens (primary N) is 1. The third kappa shape index (κ3) is 4.78. The molecule has 0 radical (unpaired) electrons. The summed E-state index contributed by atoms with van der Waals surface area (Å²) in [5.41, 5.74) is 11.3. The molecule has 0 saturated heterocycles. The Morgan fingerprint density at radius 2 is 1.92 bits per heavy atom. The van der Waals surface area contributed by atoms with Crippen molar-refractivity contribution in [1.82, 2.24) is 14.8 Å². The maximum atomic E-state index is 13.3. The van der Waals surface area contributed by atoms with Gasteiger partial charge >= 0.3 is 0 Å². The molecule has 0 fully saturated rings. The van der Waals surface area contributed by atoms with E-state index in [4.69, 9.17) is 10.5 Å². The Labute approximate surface area is 213 Å². The van der Waals surface area contributed by atoms with E-state index in [-0.39, 0.29) is 11.3 Å². The molecule has 182 valence electrons. The molecule has 8 nitrogen and oxygen atoms in total. The lowest BCUT2D eigenvalue weighted by atomic mass is 10.1. The highest BCUT2D eigenvalue weighted by Crippen LogP contribution is 2.42. The second kappa shape index (κ2) is 10.2. The van der Waals surface area contributed by atoms with Crippen LogP contribution in [0.5, 0.6) is 5.75 Å². The monoisotopic (exact) mass is 498 g/mol. The van der Waals surface area contributed by atoms with Crippen molar-refractivity contribution in [3.8, 4) is 5.75 Å². The summed E-state index contributed by atoms with van der Waals surface area (Å²) in [6, 6.07) is 17.6. The van der Waals surface area contributed by atoms with E-state index in [2.05, 4.69) is 25.7 Å². The van der Waals surface area contributed by atoms with Crippen molar-refractivity contribution in [3.05, 3.63) is 107 Å². The minimum Gasteiger partial charge on any atom is -0.497 e. The summed E-state index contributed by atoms with van der Waals surface area (Å²) in [6.07, 6.45) is 7.19. The van der Waals surface area contributed by atoms with Gasteiger partial charge in [0.25, 0.3) is 5.91 Å². The van der Waals surface area contributed by atoms with Crippen LogP contribution in [0.4, 0.5) is 17.2 Å². The number of hydrogen-bond donors (Lipinski definition) is 2. The molecule has 3 N–H and O–H groups in total. The first-order valence-electron chi connectivity index (χ1n) is 11.4. The lowest BCUT2D eigenvalue weighted by molar-refractivity contribution is 0.102. The number of carbonyl (C=O) groups excluding carboxylic acids is 1. The number of nitrogens with zero attached hydrogens (tertiary/aromatic N) is 4. The van der Waals surface area contributed by atoms with Crippen LogP contribution in [0.15, 0.2) is 84.8 Å². The third-order valence-electron chi connectivity index (χ3n) is 6.06. The van der Waals surface area contributed by atoms with Crippen LogP contribution in [0.1, 0.15) is 32.4 Å². The number of ether oxygens (including phenoxy) is 1. The van der Waals surface area contributed by atoms with E-state index in [0.29, 0.717) is 23.6 Å².